The topological polar surface area (TPSA) is 55.3 Å². The minimum absolute atomic E-state index is 0.0756. The van der Waals surface area contributed by atoms with Crippen LogP contribution in [0, 0.1) is 0 Å². The number of carbonyl (C=O) groups excluding carboxylic acids is 1. The second-order valence-corrected chi connectivity index (χ2v) is 6.20. The number of aryl methyl sites for hydroxylation is 1. The van der Waals surface area contributed by atoms with Gasteiger partial charge in [0.1, 0.15) is 10.6 Å². The van der Waals surface area contributed by atoms with Crippen molar-refractivity contribution in [2.75, 3.05) is 18.6 Å². The summed E-state index contributed by atoms with van der Waals surface area (Å²) >= 11 is 7.45. The van der Waals surface area contributed by atoms with Crippen molar-refractivity contribution in [2.45, 2.75) is 26.2 Å². The van der Waals surface area contributed by atoms with E-state index in [9.17, 15) is 4.79 Å². The van der Waals surface area contributed by atoms with Crippen LogP contribution in [0.3, 0.4) is 0 Å². The Balaban J connectivity index is 2.08. The first-order valence-corrected chi connectivity index (χ1v) is 8.31. The van der Waals surface area contributed by atoms with Crippen LogP contribution in [0.25, 0.3) is 0 Å². The Bertz CT molecular complexity index is 717. The van der Waals surface area contributed by atoms with E-state index >= 15 is 0 Å². The first kappa shape index (κ1) is 15.2. The van der Waals surface area contributed by atoms with Crippen molar-refractivity contribution in [1.82, 2.24) is 9.59 Å². The third-order valence-corrected chi connectivity index (χ3v) is 4.93. The predicted molar refractivity (Wildman–Crippen MR) is 87.3 cm³/mol. The number of hydrogen-bond acceptors (Lipinski definition) is 5. The molecule has 0 aliphatic carbocycles. The van der Waals surface area contributed by atoms with E-state index in [0.717, 1.165) is 41.3 Å². The van der Waals surface area contributed by atoms with Crippen molar-refractivity contribution in [3.8, 4) is 5.75 Å². The minimum atomic E-state index is -0.0756. The average molecular weight is 338 g/mol. The highest BCUT2D eigenvalue weighted by Crippen LogP contribution is 2.41. The molecule has 0 saturated carbocycles. The summed E-state index contributed by atoms with van der Waals surface area (Å²) in [6.07, 6.45) is 2.40. The number of rotatable bonds is 3. The predicted octanol–water partition coefficient (Wildman–Crippen LogP) is 3.36. The second kappa shape index (κ2) is 6.22. The Hall–Kier alpha value is -1.66. The van der Waals surface area contributed by atoms with Crippen LogP contribution >= 0.6 is 23.1 Å². The molecule has 0 N–H and O–H groups in total. The lowest BCUT2D eigenvalue weighted by molar-refractivity contribution is 0.0987. The zero-order chi connectivity index (χ0) is 15.7. The molecule has 0 saturated heterocycles. The van der Waals surface area contributed by atoms with Gasteiger partial charge in [-0.05, 0) is 48.5 Å². The number of ether oxygens (including phenoxy) is 1. The van der Waals surface area contributed by atoms with Crippen molar-refractivity contribution in [2.24, 2.45) is 0 Å². The summed E-state index contributed by atoms with van der Waals surface area (Å²) in [5, 5.41) is 4.70. The lowest BCUT2D eigenvalue weighted by Gasteiger charge is -2.31. The van der Waals surface area contributed by atoms with Crippen molar-refractivity contribution in [3.63, 3.8) is 0 Å². The number of fused-ring (bicyclic) bond motifs is 1. The average Bonchev–Trinajstić information content (AvgIpc) is 3.03. The molecule has 0 unspecified atom stereocenters. The molecule has 0 fully saturated rings. The Morgan fingerprint density at radius 3 is 3.05 bits per heavy atom. The van der Waals surface area contributed by atoms with Gasteiger partial charge in [-0.25, -0.2) is 0 Å². The number of anilines is 1. The second-order valence-electron chi connectivity index (χ2n) is 5.04. The molecule has 0 spiro atoms. The summed E-state index contributed by atoms with van der Waals surface area (Å²) in [5.41, 5.74) is 2.49. The molecule has 0 atom stereocenters. The molecule has 1 aromatic heterocycles. The number of hydrogen-bond donors (Lipinski definition) is 0. The standard InChI is InChI=1S/C15H16ClN3O2S/c1-3-11-14(22-18-17-11)15(20)19-8-4-5-9-10(16)6-7-12(21-2)13(9)19/h6-7H,3-5,8H2,1-2H3. The lowest BCUT2D eigenvalue weighted by atomic mass is 10.0. The van der Waals surface area contributed by atoms with Gasteiger partial charge >= 0.3 is 0 Å². The molecule has 2 aromatic rings. The third kappa shape index (κ3) is 2.46. The summed E-state index contributed by atoms with van der Waals surface area (Å²) < 4.78 is 9.35. The van der Waals surface area contributed by atoms with Crippen LogP contribution in [-0.4, -0.2) is 29.1 Å². The van der Waals surface area contributed by atoms with Crippen LogP contribution < -0.4 is 9.64 Å². The highest BCUT2D eigenvalue weighted by Gasteiger charge is 2.30. The molecular weight excluding hydrogens is 322 g/mol. The minimum Gasteiger partial charge on any atom is -0.495 e. The Morgan fingerprint density at radius 1 is 1.50 bits per heavy atom. The van der Waals surface area contributed by atoms with Crippen LogP contribution in [0.2, 0.25) is 5.02 Å². The maximum Gasteiger partial charge on any atom is 0.272 e. The van der Waals surface area contributed by atoms with E-state index in [4.69, 9.17) is 16.3 Å². The van der Waals surface area contributed by atoms with Gasteiger partial charge in [-0.1, -0.05) is 23.0 Å². The van der Waals surface area contributed by atoms with E-state index in [1.165, 1.54) is 0 Å². The van der Waals surface area contributed by atoms with Gasteiger partial charge in [-0.3, -0.25) is 4.79 Å². The fourth-order valence-corrected chi connectivity index (χ4v) is 3.69. The van der Waals surface area contributed by atoms with E-state index in [0.29, 0.717) is 28.6 Å². The van der Waals surface area contributed by atoms with Gasteiger partial charge in [-0.15, -0.1) is 5.10 Å². The van der Waals surface area contributed by atoms with Gasteiger partial charge < -0.3 is 9.64 Å². The molecule has 3 rings (SSSR count). The fourth-order valence-electron chi connectivity index (χ4n) is 2.74. The van der Waals surface area contributed by atoms with Gasteiger partial charge in [0, 0.05) is 11.6 Å². The van der Waals surface area contributed by atoms with E-state index in [1.807, 2.05) is 13.0 Å². The normalized spacial score (nSPS) is 13.9. The van der Waals surface area contributed by atoms with Crippen LogP contribution in [0.5, 0.6) is 5.75 Å². The number of halogens is 1. The maximum atomic E-state index is 12.9. The van der Waals surface area contributed by atoms with Crippen molar-refractivity contribution in [3.05, 3.63) is 33.3 Å². The Morgan fingerprint density at radius 2 is 2.32 bits per heavy atom. The summed E-state index contributed by atoms with van der Waals surface area (Å²) in [4.78, 5) is 15.3. The molecule has 0 radical (unpaired) electrons. The molecule has 1 aromatic carbocycles. The van der Waals surface area contributed by atoms with Crippen molar-refractivity contribution < 1.29 is 9.53 Å². The van der Waals surface area contributed by atoms with Gasteiger partial charge in [0.25, 0.3) is 5.91 Å². The van der Waals surface area contributed by atoms with Crippen molar-refractivity contribution in [1.29, 1.82) is 0 Å². The highest BCUT2D eigenvalue weighted by atomic mass is 35.5. The molecule has 116 valence electrons. The van der Waals surface area contributed by atoms with Gasteiger partial charge in [0.15, 0.2) is 0 Å². The van der Waals surface area contributed by atoms with Crippen LogP contribution in [-0.2, 0) is 12.8 Å². The molecular formula is C15H16ClN3O2S. The molecule has 1 amide bonds. The van der Waals surface area contributed by atoms with E-state index in [1.54, 1.807) is 18.1 Å². The first-order valence-electron chi connectivity index (χ1n) is 7.15. The zero-order valence-corrected chi connectivity index (χ0v) is 14.0. The number of carbonyl (C=O) groups is 1. The molecule has 0 bridgehead atoms. The van der Waals surface area contributed by atoms with Gasteiger partial charge in [0.05, 0.1) is 18.5 Å². The molecule has 5 nitrogen and oxygen atoms in total. The summed E-state index contributed by atoms with van der Waals surface area (Å²) in [6, 6.07) is 3.62. The van der Waals surface area contributed by atoms with E-state index in [-0.39, 0.29) is 5.91 Å². The van der Waals surface area contributed by atoms with Gasteiger partial charge in [0.2, 0.25) is 0 Å². The molecule has 1 aliphatic heterocycles. The Kier molecular flexibility index (Phi) is 4.31. The first-order chi connectivity index (χ1) is 10.7. The largest absolute Gasteiger partial charge is 0.495 e. The van der Waals surface area contributed by atoms with Gasteiger partial charge in [-0.2, -0.15) is 0 Å². The fraction of sp³-hybridized carbons (Fsp3) is 0.400. The van der Waals surface area contributed by atoms with E-state index in [2.05, 4.69) is 9.59 Å². The van der Waals surface area contributed by atoms with Crippen molar-refractivity contribution >= 4 is 34.7 Å². The molecule has 1 aliphatic rings. The molecule has 22 heavy (non-hydrogen) atoms. The van der Waals surface area contributed by atoms with E-state index < -0.39 is 0 Å². The lowest BCUT2D eigenvalue weighted by Crippen LogP contribution is -2.36. The summed E-state index contributed by atoms with van der Waals surface area (Å²) in [5.74, 6) is 0.594. The maximum absolute atomic E-state index is 12.9. The summed E-state index contributed by atoms with van der Waals surface area (Å²) in [6.45, 7) is 2.61. The Labute approximate surface area is 138 Å². The SMILES string of the molecule is CCc1nnsc1C(=O)N1CCCc2c(Cl)ccc(OC)c21. The van der Waals surface area contributed by atoms with Crippen LogP contribution in [0.1, 0.15) is 34.3 Å². The number of benzene rings is 1. The molecule has 2 heterocycles. The third-order valence-electron chi connectivity index (χ3n) is 3.82. The van der Waals surface area contributed by atoms with Crippen LogP contribution in [0.15, 0.2) is 12.1 Å². The van der Waals surface area contributed by atoms with Crippen LogP contribution in [0.4, 0.5) is 5.69 Å². The quantitative estimate of drug-likeness (QED) is 0.861. The zero-order valence-electron chi connectivity index (χ0n) is 12.4. The number of aromatic nitrogens is 2. The smallest absolute Gasteiger partial charge is 0.272 e. The number of amides is 1. The summed E-state index contributed by atoms with van der Waals surface area (Å²) in [7, 11) is 1.60. The number of methoxy groups -OCH3 is 1. The number of nitrogens with zero attached hydrogens (tertiary/aromatic N) is 3. The highest BCUT2D eigenvalue weighted by molar-refractivity contribution is 7.08. The molecule has 7 heteroatoms. The monoisotopic (exact) mass is 337 g/mol.